The van der Waals surface area contributed by atoms with Crippen LogP contribution in [0.3, 0.4) is 0 Å². The molecule has 0 bridgehead atoms. The monoisotopic (exact) mass is 371 g/mol. The summed E-state index contributed by atoms with van der Waals surface area (Å²) in [6.07, 6.45) is 1.60. The lowest BCUT2D eigenvalue weighted by atomic mass is 10.2. The molecular formula is C18H17N3O4S. The number of sulfonamides is 1. The van der Waals surface area contributed by atoms with Crippen LogP contribution in [0.1, 0.15) is 6.92 Å². The minimum atomic E-state index is -3.87. The second kappa shape index (κ2) is 7.01. The third-order valence-electron chi connectivity index (χ3n) is 3.67. The van der Waals surface area contributed by atoms with E-state index >= 15 is 0 Å². The first-order chi connectivity index (χ1) is 12.4. The van der Waals surface area contributed by atoms with Crippen molar-refractivity contribution in [3.63, 3.8) is 0 Å². The van der Waals surface area contributed by atoms with E-state index in [1.165, 1.54) is 32.2 Å². The van der Waals surface area contributed by atoms with Gasteiger partial charge >= 0.3 is 0 Å². The molecule has 0 aliphatic heterocycles. The Kier molecular flexibility index (Phi) is 4.77. The van der Waals surface area contributed by atoms with Crippen molar-refractivity contribution in [2.45, 2.75) is 11.8 Å². The lowest BCUT2D eigenvalue weighted by Gasteiger charge is -2.13. The Bertz CT molecular complexity index is 1080. The smallest absolute Gasteiger partial charge is 0.262 e. The van der Waals surface area contributed by atoms with Crippen LogP contribution in [-0.4, -0.2) is 26.4 Å². The average molecular weight is 371 g/mol. The van der Waals surface area contributed by atoms with Crippen molar-refractivity contribution in [1.82, 2.24) is 4.98 Å². The number of amides is 1. The number of hydrogen-bond donors (Lipinski definition) is 2. The van der Waals surface area contributed by atoms with Crippen LogP contribution in [-0.2, 0) is 14.8 Å². The van der Waals surface area contributed by atoms with Crippen molar-refractivity contribution in [2.75, 3.05) is 17.1 Å². The van der Waals surface area contributed by atoms with Gasteiger partial charge in [-0.2, -0.15) is 0 Å². The summed E-state index contributed by atoms with van der Waals surface area (Å²) in [5.74, 6) is -0.0296. The van der Waals surface area contributed by atoms with E-state index in [9.17, 15) is 13.2 Å². The molecule has 0 spiro atoms. The molecule has 0 aliphatic rings. The molecule has 26 heavy (non-hydrogen) atoms. The quantitative estimate of drug-likeness (QED) is 0.718. The van der Waals surface area contributed by atoms with Crippen molar-refractivity contribution in [3.8, 4) is 5.75 Å². The van der Waals surface area contributed by atoms with Crippen LogP contribution in [0.4, 0.5) is 11.4 Å². The first-order valence-electron chi connectivity index (χ1n) is 7.73. The van der Waals surface area contributed by atoms with Gasteiger partial charge in [-0.3, -0.25) is 14.5 Å². The van der Waals surface area contributed by atoms with Crippen LogP contribution in [0, 0.1) is 0 Å². The summed E-state index contributed by atoms with van der Waals surface area (Å²) >= 11 is 0. The van der Waals surface area contributed by atoms with Gasteiger partial charge in [0.25, 0.3) is 10.0 Å². The summed E-state index contributed by atoms with van der Waals surface area (Å²) in [4.78, 5) is 15.5. The molecule has 1 amide bonds. The molecule has 0 aliphatic carbocycles. The maximum atomic E-state index is 12.8. The maximum absolute atomic E-state index is 12.8. The van der Waals surface area contributed by atoms with Crippen LogP contribution >= 0.6 is 0 Å². The molecule has 0 fully saturated rings. The van der Waals surface area contributed by atoms with Gasteiger partial charge in [0.05, 0.1) is 28.9 Å². The van der Waals surface area contributed by atoms with Crippen molar-refractivity contribution in [2.24, 2.45) is 0 Å². The fourth-order valence-corrected chi connectivity index (χ4v) is 3.60. The Morgan fingerprint density at radius 3 is 2.58 bits per heavy atom. The van der Waals surface area contributed by atoms with Crippen LogP contribution in [0.5, 0.6) is 5.75 Å². The van der Waals surface area contributed by atoms with E-state index < -0.39 is 10.0 Å². The molecule has 0 atom stereocenters. The molecule has 0 unspecified atom stereocenters. The summed E-state index contributed by atoms with van der Waals surface area (Å²) in [5, 5.41) is 3.41. The molecule has 0 saturated heterocycles. The van der Waals surface area contributed by atoms with E-state index in [2.05, 4.69) is 15.0 Å². The molecule has 1 heterocycles. The fourth-order valence-electron chi connectivity index (χ4n) is 2.52. The third kappa shape index (κ3) is 3.60. The summed E-state index contributed by atoms with van der Waals surface area (Å²) in [6, 6.07) is 13.1. The van der Waals surface area contributed by atoms with Gasteiger partial charge in [0.15, 0.2) is 0 Å². The fraction of sp³-hybridized carbons (Fsp3) is 0.111. The zero-order chi connectivity index (χ0) is 18.7. The largest absolute Gasteiger partial charge is 0.495 e. The van der Waals surface area contributed by atoms with Gasteiger partial charge in [-0.25, -0.2) is 8.42 Å². The molecule has 3 rings (SSSR count). The SMILES string of the molecule is COc1cc(S(=O)(=O)Nc2cccc3cccnc23)ccc1NC(C)=O. The Balaban J connectivity index is 1.99. The van der Waals surface area contributed by atoms with Gasteiger partial charge in [-0.15, -0.1) is 0 Å². The lowest BCUT2D eigenvalue weighted by Crippen LogP contribution is -2.14. The number of pyridine rings is 1. The van der Waals surface area contributed by atoms with Gasteiger partial charge in [0.2, 0.25) is 5.91 Å². The highest BCUT2D eigenvalue weighted by molar-refractivity contribution is 7.92. The van der Waals surface area contributed by atoms with Gasteiger partial charge in [0, 0.05) is 24.6 Å². The normalized spacial score (nSPS) is 11.2. The zero-order valence-electron chi connectivity index (χ0n) is 14.2. The van der Waals surface area contributed by atoms with E-state index in [-0.39, 0.29) is 16.6 Å². The van der Waals surface area contributed by atoms with E-state index in [4.69, 9.17) is 4.74 Å². The van der Waals surface area contributed by atoms with Crippen molar-refractivity contribution in [1.29, 1.82) is 0 Å². The van der Waals surface area contributed by atoms with Gasteiger partial charge < -0.3 is 10.1 Å². The second-order valence-corrected chi connectivity index (χ2v) is 7.21. The highest BCUT2D eigenvalue weighted by Crippen LogP contribution is 2.29. The first-order valence-corrected chi connectivity index (χ1v) is 9.21. The van der Waals surface area contributed by atoms with Crippen molar-refractivity contribution < 1.29 is 17.9 Å². The number of nitrogens with one attached hydrogen (secondary N) is 2. The Morgan fingerprint density at radius 1 is 1.08 bits per heavy atom. The van der Waals surface area contributed by atoms with E-state index in [0.29, 0.717) is 16.9 Å². The minimum Gasteiger partial charge on any atom is -0.495 e. The summed E-state index contributed by atoms with van der Waals surface area (Å²) in [7, 11) is -2.46. The number of anilines is 2. The maximum Gasteiger partial charge on any atom is 0.262 e. The molecule has 2 aromatic carbocycles. The predicted molar refractivity (Wildman–Crippen MR) is 99.8 cm³/mol. The molecule has 3 aromatic rings. The molecule has 134 valence electrons. The zero-order valence-corrected chi connectivity index (χ0v) is 15.0. The predicted octanol–water partition coefficient (Wildman–Crippen LogP) is 3.00. The molecular weight excluding hydrogens is 354 g/mol. The highest BCUT2D eigenvalue weighted by atomic mass is 32.2. The van der Waals surface area contributed by atoms with E-state index in [1.807, 2.05) is 12.1 Å². The number of fused-ring (bicyclic) bond motifs is 1. The number of nitrogens with zero attached hydrogens (tertiary/aromatic N) is 1. The van der Waals surface area contributed by atoms with Crippen LogP contribution in [0.2, 0.25) is 0 Å². The average Bonchev–Trinajstić information content (AvgIpc) is 2.61. The first kappa shape index (κ1) is 17.7. The molecule has 7 nitrogen and oxygen atoms in total. The topological polar surface area (TPSA) is 97.4 Å². The van der Waals surface area contributed by atoms with Gasteiger partial charge in [-0.05, 0) is 24.3 Å². The Hall–Kier alpha value is -3.13. The van der Waals surface area contributed by atoms with Gasteiger partial charge in [-0.1, -0.05) is 18.2 Å². The van der Waals surface area contributed by atoms with E-state index in [0.717, 1.165) is 5.39 Å². The molecule has 8 heteroatoms. The summed E-state index contributed by atoms with van der Waals surface area (Å²) < 4.78 is 33.3. The van der Waals surface area contributed by atoms with Crippen LogP contribution in [0.25, 0.3) is 10.9 Å². The molecule has 0 saturated carbocycles. The second-order valence-electron chi connectivity index (χ2n) is 5.53. The number of benzene rings is 2. The standard InChI is InChI=1S/C18H17N3O4S/c1-12(22)20-15-9-8-14(11-17(15)25-2)26(23,24)21-16-7-3-5-13-6-4-10-19-18(13)16/h3-11,21H,1-2H3,(H,20,22). The third-order valence-corrected chi connectivity index (χ3v) is 5.03. The number of para-hydroxylation sites is 1. The number of carbonyl (C=O) groups excluding carboxylic acids is 1. The number of rotatable bonds is 5. The highest BCUT2D eigenvalue weighted by Gasteiger charge is 2.18. The van der Waals surface area contributed by atoms with Crippen LogP contribution < -0.4 is 14.8 Å². The van der Waals surface area contributed by atoms with E-state index in [1.54, 1.807) is 24.4 Å². The molecule has 0 radical (unpaired) electrons. The van der Waals surface area contributed by atoms with Crippen LogP contribution in [0.15, 0.2) is 59.6 Å². The molecule has 1 aromatic heterocycles. The van der Waals surface area contributed by atoms with Gasteiger partial charge in [0.1, 0.15) is 5.75 Å². The number of ether oxygens (including phenoxy) is 1. The van der Waals surface area contributed by atoms with Crippen molar-refractivity contribution >= 4 is 38.2 Å². The lowest BCUT2D eigenvalue weighted by molar-refractivity contribution is -0.114. The Morgan fingerprint density at radius 2 is 1.85 bits per heavy atom. The minimum absolute atomic E-state index is 0.0105. The summed E-state index contributed by atoms with van der Waals surface area (Å²) in [6.45, 7) is 1.36. The number of carbonyl (C=O) groups is 1. The number of methoxy groups -OCH3 is 1. The van der Waals surface area contributed by atoms with Crippen molar-refractivity contribution in [3.05, 3.63) is 54.7 Å². The number of aromatic nitrogens is 1. The molecule has 2 N–H and O–H groups in total. The number of hydrogen-bond acceptors (Lipinski definition) is 5. The Labute approximate surface area is 151 Å². The summed E-state index contributed by atoms with van der Waals surface area (Å²) in [5.41, 5.74) is 1.33.